The van der Waals surface area contributed by atoms with E-state index in [2.05, 4.69) is 31.6 Å². The van der Waals surface area contributed by atoms with Crippen LogP contribution in [0, 0.1) is 6.92 Å². The van der Waals surface area contributed by atoms with Gasteiger partial charge < -0.3 is 10.4 Å². The second-order valence-electron chi connectivity index (χ2n) is 5.22. The number of carbonyl (C=O) groups excluding carboxylic acids is 1. The van der Waals surface area contributed by atoms with Crippen molar-refractivity contribution in [3.05, 3.63) is 40.1 Å². The van der Waals surface area contributed by atoms with Crippen LogP contribution in [0.25, 0.3) is 5.69 Å². The second kappa shape index (κ2) is 7.36. The van der Waals surface area contributed by atoms with Crippen molar-refractivity contribution in [2.75, 3.05) is 0 Å². The Morgan fingerprint density at radius 3 is 2.83 bits per heavy atom. The molecule has 1 aromatic heterocycles. The summed E-state index contributed by atoms with van der Waals surface area (Å²) in [5, 5.41) is 19.4. The van der Waals surface area contributed by atoms with Crippen LogP contribution in [0.5, 0.6) is 0 Å². The zero-order chi connectivity index (χ0) is 17.0. The molecule has 23 heavy (non-hydrogen) atoms. The number of aromatic nitrogens is 3. The summed E-state index contributed by atoms with van der Waals surface area (Å²) in [6.45, 7) is 3.52. The normalized spacial score (nSPS) is 12.0. The van der Waals surface area contributed by atoms with Gasteiger partial charge in [-0.05, 0) is 38.5 Å². The fourth-order valence-corrected chi connectivity index (χ4v) is 2.48. The first-order valence-corrected chi connectivity index (χ1v) is 7.88. The minimum absolute atomic E-state index is 0.00512. The van der Waals surface area contributed by atoms with Crippen molar-refractivity contribution in [1.29, 1.82) is 0 Å². The minimum Gasteiger partial charge on any atom is -0.481 e. The highest BCUT2D eigenvalue weighted by Gasteiger charge is 2.19. The number of carbonyl (C=O) groups is 2. The highest BCUT2D eigenvalue weighted by Crippen LogP contribution is 2.17. The molecule has 1 amide bonds. The van der Waals surface area contributed by atoms with E-state index in [1.807, 2.05) is 24.3 Å². The first-order chi connectivity index (χ1) is 10.9. The number of hydrogen-bond acceptors (Lipinski definition) is 4. The Morgan fingerprint density at radius 2 is 2.17 bits per heavy atom. The third-order valence-corrected chi connectivity index (χ3v) is 3.82. The molecule has 8 heteroatoms. The zero-order valence-corrected chi connectivity index (χ0v) is 14.4. The van der Waals surface area contributed by atoms with Gasteiger partial charge in [0.05, 0.1) is 11.4 Å². The Bertz CT molecular complexity index is 729. The predicted molar refractivity (Wildman–Crippen MR) is 87.6 cm³/mol. The molecule has 1 unspecified atom stereocenters. The van der Waals surface area contributed by atoms with E-state index >= 15 is 0 Å². The molecule has 1 heterocycles. The Hall–Kier alpha value is -2.22. The van der Waals surface area contributed by atoms with Gasteiger partial charge in [-0.2, -0.15) is 0 Å². The van der Waals surface area contributed by atoms with E-state index in [9.17, 15) is 9.59 Å². The molecule has 0 spiro atoms. The zero-order valence-electron chi connectivity index (χ0n) is 12.8. The lowest BCUT2D eigenvalue weighted by molar-refractivity contribution is -0.137. The van der Waals surface area contributed by atoms with Gasteiger partial charge in [0, 0.05) is 16.9 Å². The van der Waals surface area contributed by atoms with E-state index in [-0.39, 0.29) is 24.1 Å². The van der Waals surface area contributed by atoms with Gasteiger partial charge in [-0.1, -0.05) is 27.2 Å². The number of rotatable bonds is 6. The van der Waals surface area contributed by atoms with E-state index in [1.165, 1.54) is 0 Å². The summed E-state index contributed by atoms with van der Waals surface area (Å²) >= 11 is 3.39. The molecule has 0 aliphatic rings. The number of benzene rings is 1. The van der Waals surface area contributed by atoms with Gasteiger partial charge in [-0.3, -0.25) is 9.59 Å². The molecule has 0 aliphatic carbocycles. The van der Waals surface area contributed by atoms with Crippen LogP contribution in [0.4, 0.5) is 0 Å². The molecule has 0 aliphatic heterocycles. The van der Waals surface area contributed by atoms with Crippen molar-refractivity contribution >= 4 is 27.8 Å². The molecular weight excluding hydrogens is 364 g/mol. The average molecular weight is 381 g/mol. The Balaban J connectivity index is 2.12. The highest BCUT2D eigenvalue weighted by atomic mass is 79.9. The summed E-state index contributed by atoms with van der Waals surface area (Å²) in [6.07, 6.45) is 0.366. The monoisotopic (exact) mass is 380 g/mol. The van der Waals surface area contributed by atoms with Gasteiger partial charge in [-0.25, -0.2) is 4.68 Å². The maximum Gasteiger partial charge on any atom is 0.303 e. The van der Waals surface area contributed by atoms with E-state index in [4.69, 9.17) is 5.11 Å². The first kappa shape index (κ1) is 17.1. The molecule has 2 aromatic rings. The maximum absolute atomic E-state index is 12.2. The molecule has 1 atom stereocenters. The molecule has 1 aromatic carbocycles. The summed E-state index contributed by atoms with van der Waals surface area (Å²) in [4.78, 5) is 22.8. The Morgan fingerprint density at radius 1 is 1.43 bits per heavy atom. The van der Waals surface area contributed by atoms with Crippen LogP contribution in [-0.4, -0.2) is 38.0 Å². The first-order valence-electron chi connectivity index (χ1n) is 7.09. The second-order valence-corrected chi connectivity index (χ2v) is 6.14. The van der Waals surface area contributed by atoms with Gasteiger partial charge in [0.25, 0.3) is 5.91 Å². The smallest absolute Gasteiger partial charge is 0.303 e. The van der Waals surface area contributed by atoms with E-state index in [1.54, 1.807) is 18.5 Å². The van der Waals surface area contributed by atoms with E-state index in [0.29, 0.717) is 12.1 Å². The molecule has 0 radical (unpaired) electrons. The van der Waals surface area contributed by atoms with Crippen LogP contribution in [-0.2, 0) is 4.79 Å². The number of nitrogens with zero attached hydrogens (tertiary/aromatic N) is 3. The Kier molecular flexibility index (Phi) is 5.49. The molecule has 0 saturated heterocycles. The Labute approximate surface area is 141 Å². The molecule has 0 fully saturated rings. The average Bonchev–Trinajstić information content (AvgIpc) is 2.87. The SMILES string of the molecule is Cc1c(C(=O)NC(C)CCC(=O)O)nnn1-c1cccc(Br)c1. The lowest BCUT2D eigenvalue weighted by Crippen LogP contribution is -2.33. The number of carboxylic acid groups (broad SMARTS) is 1. The fourth-order valence-electron chi connectivity index (χ4n) is 2.10. The quantitative estimate of drug-likeness (QED) is 0.801. The maximum atomic E-state index is 12.2. The van der Waals surface area contributed by atoms with Crippen LogP contribution in [0.3, 0.4) is 0 Å². The number of hydrogen-bond donors (Lipinski definition) is 2. The van der Waals surface area contributed by atoms with Crippen molar-refractivity contribution in [3.63, 3.8) is 0 Å². The lowest BCUT2D eigenvalue weighted by Gasteiger charge is -2.11. The van der Waals surface area contributed by atoms with E-state index in [0.717, 1.165) is 10.2 Å². The lowest BCUT2D eigenvalue weighted by atomic mass is 10.2. The van der Waals surface area contributed by atoms with E-state index < -0.39 is 5.97 Å². The summed E-state index contributed by atoms with van der Waals surface area (Å²) in [5.74, 6) is -1.25. The van der Waals surface area contributed by atoms with Crippen molar-refractivity contribution in [2.45, 2.75) is 32.7 Å². The number of aliphatic carboxylic acids is 1. The molecule has 7 nitrogen and oxygen atoms in total. The highest BCUT2D eigenvalue weighted by molar-refractivity contribution is 9.10. The van der Waals surface area contributed by atoms with Gasteiger partial charge >= 0.3 is 5.97 Å². The molecule has 0 saturated carbocycles. The van der Waals surface area contributed by atoms with Crippen LogP contribution >= 0.6 is 15.9 Å². The number of halogens is 1. The van der Waals surface area contributed by atoms with Crippen molar-refractivity contribution in [1.82, 2.24) is 20.3 Å². The van der Waals surface area contributed by atoms with Crippen LogP contribution < -0.4 is 5.32 Å². The molecule has 2 rings (SSSR count). The standard InChI is InChI=1S/C15H17BrN4O3/c1-9(6-7-13(21)22)17-15(23)14-10(2)20(19-18-14)12-5-3-4-11(16)8-12/h3-5,8-9H,6-7H2,1-2H3,(H,17,23)(H,21,22). The largest absolute Gasteiger partial charge is 0.481 e. The van der Waals surface area contributed by atoms with Crippen molar-refractivity contribution < 1.29 is 14.7 Å². The number of amides is 1. The van der Waals surface area contributed by atoms with Crippen LogP contribution in [0.1, 0.15) is 35.9 Å². The molecule has 0 bridgehead atoms. The topological polar surface area (TPSA) is 97.1 Å². The third kappa shape index (κ3) is 4.38. The van der Waals surface area contributed by atoms with Gasteiger partial charge in [0.1, 0.15) is 0 Å². The van der Waals surface area contributed by atoms with Gasteiger partial charge in [-0.15, -0.1) is 5.10 Å². The van der Waals surface area contributed by atoms with Crippen molar-refractivity contribution in [3.8, 4) is 5.69 Å². The summed E-state index contributed by atoms with van der Waals surface area (Å²) in [5.41, 5.74) is 1.64. The summed E-state index contributed by atoms with van der Waals surface area (Å²) in [7, 11) is 0. The van der Waals surface area contributed by atoms with Crippen LogP contribution in [0.15, 0.2) is 28.7 Å². The molecule has 2 N–H and O–H groups in total. The van der Waals surface area contributed by atoms with Crippen molar-refractivity contribution in [2.24, 2.45) is 0 Å². The summed E-state index contributed by atoms with van der Waals surface area (Å²) in [6, 6.07) is 7.25. The number of nitrogens with one attached hydrogen (secondary N) is 1. The summed E-state index contributed by atoms with van der Waals surface area (Å²) < 4.78 is 2.49. The number of carboxylic acids is 1. The third-order valence-electron chi connectivity index (χ3n) is 3.33. The molecular formula is C15H17BrN4O3. The fraction of sp³-hybridized carbons (Fsp3) is 0.333. The predicted octanol–water partition coefficient (Wildman–Crippen LogP) is 2.32. The van der Waals surface area contributed by atoms with Gasteiger partial charge in [0.15, 0.2) is 5.69 Å². The van der Waals surface area contributed by atoms with Crippen LogP contribution in [0.2, 0.25) is 0 Å². The van der Waals surface area contributed by atoms with Gasteiger partial charge in [0.2, 0.25) is 0 Å². The molecule has 122 valence electrons. The minimum atomic E-state index is -0.886.